The van der Waals surface area contributed by atoms with Gasteiger partial charge in [0.1, 0.15) is 36.3 Å². The standard InChI is InChI=1S/C36H38ClF2N3O4/c1-21-12-32(37)34(13-22(21)2)46-11-10-45-30-8-4-25(5-9-30)31-17-28-19-41(23(3)43)20-33(40-28)35(31)36(44)42(29-6-7-29)18-24-14-26(38)16-27(39)15-24/h4-5,8-9,12-16,28-29,33,40H,6-7,10-11,17-20H2,1-3H3. The summed E-state index contributed by atoms with van der Waals surface area (Å²) >= 11 is 6.32. The molecule has 0 spiro atoms. The first-order valence-electron chi connectivity index (χ1n) is 15.7. The highest BCUT2D eigenvalue weighted by Gasteiger charge is 2.43. The normalized spacial score (nSPS) is 19.2. The topological polar surface area (TPSA) is 71.1 Å². The van der Waals surface area contributed by atoms with Crippen LogP contribution in [0.25, 0.3) is 5.57 Å². The summed E-state index contributed by atoms with van der Waals surface area (Å²) < 4.78 is 39.9. The van der Waals surface area contributed by atoms with Crippen molar-refractivity contribution in [3.63, 3.8) is 0 Å². The molecule has 242 valence electrons. The lowest BCUT2D eigenvalue weighted by Crippen LogP contribution is -2.61. The van der Waals surface area contributed by atoms with Crippen LogP contribution in [0, 0.1) is 25.5 Å². The highest BCUT2D eigenvalue weighted by atomic mass is 35.5. The zero-order chi connectivity index (χ0) is 32.5. The Bertz CT molecular complexity index is 1650. The fourth-order valence-electron chi connectivity index (χ4n) is 6.36. The monoisotopic (exact) mass is 649 g/mol. The van der Waals surface area contributed by atoms with Crippen LogP contribution in [0.4, 0.5) is 8.78 Å². The number of piperazine rings is 1. The SMILES string of the molecule is CC(=O)N1CC2CC(c3ccc(OCCOc4cc(C)c(C)cc4Cl)cc3)=C(C(=O)N(Cc3cc(F)cc(F)c3)C3CC3)C(C1)N2. The van der Waals surface area contributed by atoms with Gasteiger partial charge in [0.2, 0.25) is 5.91 Å². The minimum atomic E-state index is -0.674. The van der Waals surface area contributed by atoms with E-state index in [4.69, 9.17) is 21.1 Å². The molecule has 2 unspecified atom stereocenters. The zero-order valence-corrected chi connectivity index (χ0v) is 27.0. The van der Waals surface area contributed by atoms with Gasteiger partial charge in [-0.1, -0.05) is 23.7 Å². The van der Waals surface area contributed by atoms with Gasteiger partial charge in [-0.2, -0.15) is 0 Å². The maximum atomic E-state index is 14.4. The summed E-state index contributed by atoms with van der Waals surface area (Å²) in [5, 5.41) is 4.13. The van der Waals surface area contributed by atoms with Crippen LogP contribution in [0.15, 0.2) is 60.2 Å². The third kappa shape index (κ3) is 7.21. The van der Waals surface area contributed by atoms with Crippen molar-refractivity contribution in [3.05, 3.63) is 99.1 Å². The third-order valence-electron chi connectivity index (χ3n) is 8.96. The van der Waals surface area contributed by atoms with Crippen molar-refractivity contribution in [2.75, 3.05) is 26.3 Å². The van der Waals surface area contributed by atoms with Crippen molar-refractivity contribution in [3.8, 4) is 11.5 Å². The number of hydrogen-bond donors (Lipinski definition) is 1. The first-order chi connectivity index (χ1) is 22.0. The maximum Gasteiger partial charge on any atom is 0.252 e. The Morgan fingerprint density at radius 2 is 1.63 bits per heavy atom. The van der Waals surface area contributed by atoms with E-state index in [1.165, 1.54) is 12.1 Å². The molecule has 1 saturated heterocycles. The number of halogens is 3. The average molecular weight is 650 g/mol. The molecule has 7 nitrogen and oxygen atoms in total. The molecule has 2 atom stereocenters. The molecule has 10 heteroatoms. The van der Waals surface area contributed by atoms with Crippen LogP contribution in [0.5, 0.6) is 11.5 Å². The summed E-state index contributed by atoms with van der Waals surface area (Å²) in [6.45, 7) is 7.22. The van der Waals surface area contributed by atoms with E-state index in [2.05, 4.69) is 5.32 Å². The summed E-state index contributed by atoms with van der Waals surface area (Å²) in [4.78, 5) is 30.3. The third-order valence-corrected chi connectivity index (χ3v) is 9.26. The molecule has 0 aromatic heterocycles. The van der Waals surface area contributed by atoms with Crippen LogP contribution in [0.3, 0.4) is 0 Å². The van der Waals surface area contributed by atoms with Gasteiger partial charge in [0, 0.05) is 50.3 Å². The maximum absolute atomic E-state index is 14.4. The van der Waals surface area contributed by atoms with Gasteiger partial charge in [-0.05, 0) is 97.3 Å². The molecule has 0 radical (unpaired) electrons. The molecule has 1 aliphatic carbocycles. The predicted octanol–water partition coefficient (Wildman–Crippen LogP) is 6.23. The molecule has 46 heavy (non-hydrogen) atoms. The summed E-state index contributed by atoms with van der Waals surface area (Å²) in [5.74, 6) is -0.274. The van der Waals surface area contributed by atoms with Gasteiger partial charge in [-0.25, -0.2) is 8.78 Å². The number of nitrogens with one attached hydrogen (secondary N) is 1. The Balaban J connectivity index is 1.23. The van der Waals surface area contributed by atoms with Crippen LogP contribution in [0.2, 0.25) is 5.02 Å². The number of nitrogens with zero attached hydrogens (tertiary/aromatic N) is 2. The number of carbonyl (C=O) groups excluding carboxylic acids is 2. The van der Waals surface area contributed by atoms with Gasteiger partial charge < -0.3 is 24.6 Å². The van der Waals surface area contributed by atoms with Crippen LogP contribution in [-0.2, 0) is 16.1 Å². The van der Waals surface area contributed by atoms with Crippen LogP contribution in [0.1, 0.15) is 48.4 Å². The first kappa shape index (κ1) is 32.0. The van der Waals surface area contributed by atoms with Gasteiger partial charge >= 0.3 is 0 Å². The fourth-order valence-corrected chi connectivity index (χ4v) is 6.63. The second kappa shape index (κ2) is 13.4. The molecule has 2 fully saturated rings. The van der Waals surface area contributed by atoms with E-state index in [-0.39, 0.29) is 36.5 Å². The fraction of sp³-hybridized carbons (Fsp3) is 0.389. The van der Waals surface area contributed by atoms with Crippen molar-refractivity contribution >= 4 is 29.0 Å². The lowest BCUT2D eigenvalue weighted by atomic mass is 9.82. The number of amides is 2. The molecule has 2 aliphatic heterocycles. The van der Waals surface area contributed by atoms with Gasteiger partial charge in [-0.3, -0.25) is 9.59 Å². The molecule has 6 rings (SSSR count). The number of aryl methyl sites for hydroxylation is 2. The molecule has 1 saturated carbocycles. The van der Waals surface area contributed by atoms with Crippen LogP contribution < -0.4 is 14.8 Å². The van der Waals surface area contributed by atoms with E-state index in [9.17, 15) is 18.4 Å². The van der Waals surface area contributed by atoms with E-state index in [1.54, 1.807) is 16.7 Å². The van der Waals surface area contributed by atoms with E-state index in [0.29, 0.717) is 60.4 Å². The molecule has 3 aromatic carbocycles. The van der Waals surface area contributed by atoms with E-state index >= 15 is 0 Å². The van der Waals surface area contributed by atoms with Gasteiger partial charge in [0.15, 0.2) is 0 Å². The number of rotatable bonds is 10. The average Bonchev–Trinajstić information content (AvgIpc) is 3.85. The van der Waals surface area contributed by atoms with Crippen molar-refractivity contribution in [2.24, 2.45) is 0 Å². The van der Waals surface area contributed by atoms with Gasteiger partial charge in [0.05, 0.1) is 11.1 Å². The quantitative estimate of drug-likeness (QED) is 0.264. The Labute approximate surface area is 273 Å². The second-order valence-electron chi connectivity index (χ2n) is 12.5. The Hall–Kier alpha value is -3.95. The highest BCUT2D eigenvalue weighted by Crippen LogP contribution is 2.38. The van der Waals surface area contributed by atoms with E-state index in [0.717, 1.165) is 41.2 Å². The van der Waals surface area contributed by atoms with Crippen molar-refractivity contribution in [1.29, 1.82) is 0 Å². The number of carbonyl (C=O) groups is 2. The molecule has 2 amide bonds. The summed E-state index contributed by atoms with van der Waals surface area (Å²) in [6.07, 6.45) is 2.22. The zero-order valence-electron chi connectivity index (χ0n) is 26.2. The lowest BCUT2D eigenvalue weighted by molar-refractivity contribution is -0.132. The van der Waals surface area contributed by atoms with Gasteiger partial charge in [-0.15, -0.1) is 0 Å². The van der Waals surface area contributed by atoms with Crippen LogP contribution >= 0.6 is 11.6 Å². The van der Waals surface area contributed by atoms with Crippen molar-refractivity contribution in [1.82, 2.24) is 15.1 Å². The summed E-state index contributed by atoms with van der Waals surface area (Å²) in [5.41, 5.74) is 5.01. The van der Waals surface area contributed by atoms with Crippen molar-refractivity contribution in [2.45, 2.75) is 64.7 Å². The molecule has 1 N–H and O–H groups in total. The van der Waals surface area contributed by atoms with E-state index in [1.807, 2.05) is 50.2 Å². The number of hydrogen-bond acceptors (Lipinski definition) is 5. The Morgan fingerprint density at radius 1 is 0.957 bits per heavy atom. The summed E-state index contributed by atoms with van der Waals surface area (Å²) in [7, 11) is 0. The largest absolute Gasteiger partial charge is 0.490 e. The number of ether oxygens (including phenoxy) is 2. The van der Waals surface area contributed by atoms with Crippen LogP contribution in [-0.4, -0.2) is 66.0 Å². The number of benzene rings is 3. The molecule has 3 aromatic rings. The molecular formula is C36H38ClF2N3O4. The minimum Gasteiger partial charge on any atom is -0.490 e. The minimum absolute atomic E-state index is 0.00509. The lowest BCUT2D eigenvalue weighted by Gasteiger charge is -2.44. The van der Waals surface area contributed by atoms with E-state index < -0.39 is 11.6 Å². The second-order valence-corrected chi connectivity index (χ2v) is 12.9. The van der Waals surface area contributed by atoms with Crippen molar-refractivity contribution < 1.29 is 27.8 Å². The summed E-state index contributed by atoms with van der Waals surface area (Å²) in [6, 6.07) is 14.5. The predicted molar refractivity (Wildman–Crippen MR) is 173 cm³/mol. The smallest absolute Gasteiger partial charge is 0.252 e. The Kier molecular flexibility index (Phi) is 9.34. The molecule has 2 heterocycles. The van der Waals surface area contributed by atoms with Gasteiger partial charge in [0.25, 0.3) is 5.91 Å². The molecule has 3 aliphatic rings. The Morgan fingerprint density at radius 3 is 2.30 bits per heavy atom. The first-order valence-corrected chi connectivity index (χ1v) is 16.1. The molecule has 2 bridgehead atoms. The molecular weight excluding hydrogens is 612 g/mol. The highest BCUT2D eigenvalue weighted by molar-refractivity contribution is 6.32. The number of fused-ring (bicyclic) bond motifs is 2.